The first kappa shape index (κ1) is 7.32. The Morgan fingerprint density at radius 3 is 2.60 bits per heavy atom. The third kappa shape index (κ3) is 0.939. The van der Waals surface area contributed by atoms with Crippen LogP contribution in [0.1, 0.15) is 13.8 Å². The number of rotatable bonds is 1. The standard InChI is InChI=1S/C8H12O2/c1-4-6-5(2)7(6)8(9)10-3/h4-5,7H,1-3H3/b6-4-/t5-,7-/m0/s1. The van der Waals surface area contributed by atoms with Crippen LogP contribution in [-0.2, 0) is 9.53 Å². The van der Waals surface area contributed by atoms with Crippen LogP contribution >= 0.6 is 0 Å². The van der Waals surface area contributed by atoms with Crippen LogP contribution in [0, 0.1) is 11.8 Å². The molecule has 0 radical (unpaired) electrons. The Kier molecular flexibility index (Phi) is 1.79. The molecule has 0 bridgehead atoms. The van der Waals surface area contributed by atoms with Gasteiger partial charge in [0.2, 0.25) is 0 Å². The Balaban J connectivity index is 2.57. The minimum absolute atomic E-state index is 0.0648. The van der Waals surface area contributed by atoms with E-state index >= 15 is 0 Å². The van der Waals surface area contributed by atoms with E-state index in [-0.39, 0.29) is 11.9 Å². The second-order valence-corrected chi connectivity index (χ2v) is 2.58. The van der Waals surface area contributed by atoms with Crippen LogP contribution in [0.4, 0.5) is 0 Å². The minimum Gasteiger partial charge on any atom is -0.469 e. The lowest BCUT2D eigenvalue weighted by atomic mass is 10.3. The molecule has 2 nitrogen and oxygen atoms in total. The van der Waals surface area contributed by atoms with Crippen LogP contribution in [0.15, 0.2) is 11.6 Å². The Hall–Kier alpha value is -0.790. The third-order valence-corrected chi connectivity index (χ3v) is 2.06. The molecule has 0 spiro atoms. The maximum absolute atomic E-state index is 10.9. The van der Waals surface area contributed by atoms with E-state index < -0.39 is 0 Å². The van der Waals surface area contributed by atoms with Crippen LogP contribution in [-0.4, -0.2) is 13.1 Å². The molecule has 0 unspecified atom stereocenters. The van der Waals surface area contributed by atoms with Crippen molar-refractivity contribution >= 4 is 5.97 Å². The first-order chi connectivity index (χ1) is 4.72. The topological polar surface area (TPSA) is 26.3 Å². The monoisotopic (exact) mass is 140 g/mol. The predicted octanol–water partition coefficient (Wildman–Crippen LogP) is 1.37. The second-order valence-electron chi connectivity index (χ2n) is 2.58. The highest BCUT2D eigenvalue weighted by molar-refractivity contribution is 5.81. The van der Waals surface area contributed by atoms with Gasteiger partial charge in [0.25, 0.3) is 0 Å². The van der Waals surface area contributed by atoms with Gasteiger partial charge in [-0.1, -0.05) is 18.6 Å². The average Bonchev–Trinajstić information content (AvgIpc) is 2.59. The number of ether oxygens (including phenoxy) is 1. The number of hydrogen-bond donors (Lipinski definition) is 0. The molecule has 1 saturated carbocycles. The van der Waals surface area contributed by atoms with Crippen LogP contribution in [0.3, 0.4) is 0 Å². The predicted molar refractivity (Wildman–Crippen MR) is 38.4 cm³/mol. The summed E-state index contributed by atoms with van der Waals surface area (Å²) < 4.78 is 4.60. The normalized spacial score (nSPS) is 34.1. The van der Waals surface area contributed by atoms with Crippen LogP contribution in [0.2, 0.25) is 0 Å². The van der Waals surface area contributed by atoms with Gasteiger partial charge in [0.15, 0.2) is 0 Å². The fourth-order valence-corrected chi connectivity index (χ4v) is 1.33. The van der Waals surface area contributed by atoms with E-state index in [1.54, 1.807) is 0 Å². The van der Waals surface area contributed by atoms with Gasteiger partial charge in [-0.05, 0) is 12.8 Å². The van der Waals surface area contributed by atoms with Crippen molar-refractivity contribution in [2.75, 3.05) is 7.11 Å². The zero-order valence-electron chi connectivity index (χ0n) is 6.55. The van der Waals surface area contributed by atoms with Crippen LogP contribution in [0.25, 0.3) is 0 Å². The minimum atomic E-state index is -0.0967. The van der Waals surface area contributed by atoms with Crippen LogP contribution in [0.5, 0.6) is 0 Å². The van der Waals surface area contributed by atoms with Crippen molar-refractivity contribution < 1.29 is 9.53 Å². The van der Waals surface area contributed by atoms with Gasteiger partial charge in [0, 0.05) is 0 Å². The van der Waals surface area contributed by atoms with Crippen molar-refractivity contribution in [1.82, 2.24) is 0 Å². The first-order valence-electron chi connectivity index (χ1n) is 3.46. The fraction of sp³-hybridized carbons (Fsp3) is 0.625. The van der Waals surface area contributed by atoms with Crippen molar-refractivity contribution in [2.45, 2.75) is 13.8 Å². The fourth-order valence-electron chi connectivity index (χ4n) is 1.33. The molecule has 0 aromatic rings. The van der Waals surface area contributed by atoms with Crippen molar-refractivity contribution in [3.8, 4) is 0 Å². The number of carbonyl (C=O) groups excluding carboxylic acids is 1. The second kappa shape index (κ2) is 2.45. The summed E-state index contributed by atoms with van der Waals surface area (Å²) in [7, 11) is 1.43. The lowest BCUT2D eigenvalue weighted by Crippen LogP contribution is -2.03. The molecule has 10 heavy (non-hydrogen) atoms. The molecule has 1 aliphatic rings. The van der Waals surface area contributed by atoms with E-state index in [0.717, 1.165) is 0 Å². The first-order valence-corrected chi connectivity index (χ1v) is 3.46. The lowest BCUT2D eigenvalue weighted by molar-refractivity contribution is -0.142. The summed E-state index contributed by atoms with van der Waals surface area (Å²) in [6.07, 6.45) is 1.99. The van der Waals surface area contributed by atoms with E-state index in [9.17, 15) is 4.79 Å². The van der Waals surface area contributed by atoms with E-state index in [1.165, 1.54) is 12.7 Å². The van der Waals surface area contributed by atoms with E-state index in [2.05, 4.69) is 4.74 Å². The number of methoxy groups -OCH3 is 1. The smallest absolute Gasteiger partial charge is 0.313 e. The molecule has 0 heterocycles. The molecule has 56 valence electrons. The van der Waals surface area contributed by atoms with Gasteiger partial charge >= 0.3 is 5.97 Å². The summed E-state index contributed by atoms with van der Waals surface area (Å²) in [5.41, 5.74) is 1.21. The Labute approximate surface area is 60.9 Å². The molecule has 1 rings (SSSR count). The van der Waals surface area contributed by atoms with Crippen molar-refractivity contribution in [1.29, 1.82) is 0 Å². The summed E-state index contributed by atoms with van der Waals surface area (Å²) in [6, 6.07) is 0. The molecular weight excluding hydrogens is 128 g/mol. The van der Waals surface area contributed by atoms with E-state index in [1.807, 2.05) is 19.9 Å². The molecule has 0 aromatic heterocycles. The Morgan fingerprint density at radius 2 is 2.30 bits per heavy atom. The van der Waals surface area contributed by atoms with Gasteiger partial charge < -0.3 is 4.74 Å². The van der Waals surface area contributed by atoms with Gasteiger partial charge in [-0.3, -0.25) is 4.79 Å². The molecule has 0 aromatic carbocycles. The zero-order chi connectivity index (χ0) is 7.72. The molecule has 1 aliphatic carbocycles. The Morgan fingerprint density at radius 1 is 1.70 bits per heavy atom. The van der Waals surface area contributed by atoms with Gasteiger partial charge in [0.1, 0.15) is 0 Å². The molecule has 1 fully saturated rings. The maximum atomic E-state index is 10.9. The third-order valence-electron chi connectivity index (χ3n) is 2.06. The van der Waals surface area contributed by atoms with Gasteiger partial charge in [-0.15, -0.1) is 0 Å². The van der Waals surface area contributed by atoms with Crippen molar-refractivity contribution in [3.05, 3.63) is 11.6 Å². The summed E-state index contributed by atoms with van der Waals surface area (Å²) in [6.45, 7) is 3.99. The molecule has 2 atom stereocenters. The highest BCUT2D eigenvalue weighted by Crippen LogP contribution is 2.45. The molecule has 0 aliphatic heterocycles. The maximum Gasteiger partial charge on any atom is 0.313 e. The highest BCUT2D eigenvalue weighted by Gasteiger charge is 2.45. The Bertz CT molecular complexity index is 182. The number of esters is 1. The van der Waals surface area contributed by atoms with Gasteiger partial charge in [-0.2, -0.15) is 0 Å². The summed E-state index contributed by atoms with van der Waals surface area (Å²) in [4.78, 5) is 10.9. The number of hydrogen-bond acceptors (Lipinski definition) is 2. The summed E-state index contributed by atoms with van der Waals surface area (Å²) in [5, 5.41) is 0. The van der Waals surface area contributed by atoms with Gasteiger partial charge in [-0.25, -0.2) is 0 Å². The van der Waals surface area contributed by atoms with Crippen molar-refractivity contribution in [2.24, 2.45) is 11.8 Å². The average molecular weight is 140 g/mol. The molecule has 2 heteroatoms. The summed E-state index contributed by atoms with van der Waals surface area (Å²) in [5.74, 6) is 0.382. The summed E-state index contributed by atoms with van der Waals surface area (Å²) >= 11 is 0. The molecule has 0 saturated heterocycles. The molecule has 0 amide bonds. The highest BCUT2D eigenvalue weighted by atomic mass is 16.5. The van der Waals surface area contributed by atoms with Crippen LogP contribution < -0.4 is 0 Å². The van der Waals surface area contributed by atoms with Crippen molar-refractivity contribution in [3.63, 3.8) is 0 Å². The molecular formula is C8H12O2. The lowest BCUT2D eigenvalue weighted by Gasteiger charge is -1.91. The zero-order valence-corrected chi connectivity index (χ0v) is 6.55. The quantitative estimate of drug-likeness (QED) is 0.406. The molecule has 0 N–H and O–H groups in total. The van der Waals surface area contributed by atoms with E-state index in [0.29, 0.717) is 5.92 Å². The van der Waals surface area contributed by atoms with E-state index in [4.69, 9.17) is 0 Å². The number of allylic oxidation sites excluding steroid dienone is 1. The largest absolute Gasteiger partial charge is 0.469 e. The van der Waals surface area contributed by atoms with Gasteiger partial charge in [0.05, 0.1) is 13.0 Å². The SMILES string of the molecule is C/C=C1\[C@@H](C(=O)OC)[C@H]1C. The number of carbonyl (C=O) groups is 1.